The van der Waals surface area contributed by atoms with Crippen LogP contribution in [0.5, 0.6) is 0 Å². The van der Waals surface area contributed by atoms with E-state index in [2.05, 4.69) is 24.9 Å². The number of imidazole rings is 1. The first-order valence-electron chi connectivity index (χ1n) is 11.9. The number of hydrogen-bond donors (Lipinski definition) is 0. The second-order valence-corrected chi connectivity index (χ2v) is 9.16. The molecule has 5 aromatic rings. The van der Waals surface area contributed by atoms with E-state index in [0.717, 1.165) is 10.1 Å². The maximum atomic E-state index is 14.5. The minimum atomic E-state index is -0.610. The number of aromatic nitrogens is 4. The fourth-order valence-electron chi connectivity index (χ4n) is 4.43. The first-order chi connectivity index (χ1) is 17.9. The van der Waals surface area contributed by atoms with Gasteiger partial charge >= 0.3 is 5.69 Å². The van der Waals surface area contributed by atoms with Crippen LogP contribution in [0.3, 0.4) is 0 Å². The molecule has 0 saturated heterocycles. The van der Waals surface area contributed by atoms with Crippen molar-refractivity contribution in [1.82, 2.24) is 18.7 Å². The smallest absolute Gasteiger partial charge is 0.320 e. The molecule has 0 bridgehead atoms. The van der Waals surface area contributed by atoms with Gasteiger partial charge in [-0.2, -0.15) is 5.26 Å². The van der Waals surface area contributed by atoms with Gasteiger partial charge in [0.1, 0.15) is 5.82 Å². The average Bonchev–Trinajstić information content (AvgIpc) is 3.31. The molecule has 0 aliphatic rings. The highest BCUT2D eigenvalue weighted by atomic mass is 19.1. The van der Waals surface area contributed by atoms with Gasteiger partial charge in [0.25, 0.3) is 5.56 Å². The molecule has 0 atom stereocenters. The maximum absolute atomic E-state index is 14.5. The lowest BCUT2D eigenvalue weighted by Crippen LogP contribution is -2.40. The first kappa shape index (κ1) is 23.9. The summed E-state index contributed by atoms with van der Waals surface area (Å²) in [7, 11) is 0. The molecule has 2 aromatic heterocycles. The predicted molar refractivity (Wildman–Crippen MR) is 139 cm³/mol. The molecule has 8 heteroatoms. The van der Waals surface area contributed by atoms with Gasteiger partial charge < -0.3 is 4.57 Å². The Morgan fingerprint density at radius 2 is 1.59 bits per heavy atom. The van der Waals surface area contributed by atoms with Gasteiger partial charge in [0.05, 0.1) is 36.7 Å². The van der Waals surface area contributed by atoms with Gasteiger partial charge in [-0.25, -0.2) is 18.7 Å². The third kappa shape index (κ3) is 4.36. The standard InChI is InChI=1S/C29H24FN5O2/c1-19(2)20-11-13-24(14-12-20)35-27-26(33(18-32-27)16-22-8-4-3-7-21(22)15-31)28(36)34(29(35)37)17-23-9-5-6-10-25(23)30/h3-14,18-19H,16-17H2,1-2H3. The second-order valence-electron chi connectivity index (χ2n) is 9.16. The number of fused-ring (bicyclic) bond motifs is 1. The zero-order chi connectivity index (χ0) is 26.1. The molecule has 184 valence electrons. The van der Waals surface area contributed by atoms with Crippen LogP contribution in [0.2, 0.25) is 0 Å². The van der Waals surface area contributed by atoms with Crippen LogP contribution in [-0.2, 0) is 13.1 Å². The SMILES string of the molecule is CC(C)c1ccc(-n2c(=O)n(Cc3ccccc3F)c(=O)c3c2ncn3Cc2ccccc2C#N)cc1. The van der Waals surface area contributed by atoms with E-state index in [1.165, 1.54) is 17.0 Å². The van der Waals surface area contributed by atoms with Crippen molar-refractivity contribution < 1.29 is 4.39 Å². The quantitative estimate of drug-likeness (QED) is 0.347. The number of nitrogens with zero attached hydrogens (tertiary/aromatic N) is 5. The highest BCUT2D eigenvalue weighted by Crippen LogP contribution is 2.20. The van der Waals surface area contributed by atoms with Gasteiger partial charge in [0.15, 0.2) is 11.2 Å². The molecular formula is C29H24FN5O2. The van der Waals surface area contributed by atoms with Crippen LogP contribution in [-0.4, -0.2) is 18.7 Å². The number of rotatable bonds is 6. The summed E-state index contributed by atoms with van der Waals surface area (Å²) in [6.45, 7) is 4.13. The van der Waals surface area contributed by atoms with Crippen molar-refractivity contribution in [3.8, 4) is 11.8 Å². The zero-order valence-corrected chi connectivity index (χ0v) is 20.4. The van der Waals surface area contributed by atoms with Crippen LogP contribution in [0, 0.1) is 17.1 Å². The van der Waals surface area contributed by atoms with Crippen molar-refractivity contribution in [1.29, 1.82) is 5.26 Å². The highest BCUT2D eigenvalue weighted by Gasteiger charge is 2.21. The summed E-state index contributed by atoms with van der Waals surface area (Å²) in [5, 5.41) is 9.52. The molecule has 37 heavy (non-hydrogen) atoms. The largest absolute Gasteiger partial charge is 0.337 e. The lowest BCUT2D eigenvalue weighted by atomic mass is 10.0. The molecule has 0 unspecified atom stereocenters. The third-order valence-corrected chi connectivity index (χ3v) is 6.48. The lowest BCUT2D eigenvalue weighted by molar-refractivity contribution is 0.586. The van der Waals surface area contributed by atoms with Gasteiger partial charge in [0.2, 0.25) is 0 Å². The molecule has 0 aliphatic heterocycles. The predicted octanol–water partition coefficient (Wildman–Crippen LogP) is 4.58. The topological polar surface area (TPSA) is 85.6 Å². The van der Waals surface area contributed by atoms with E-state index >= 15 is 0 Å². The average molecular weight is 494 g/mol. The molecule has 3 aromatic carbocycles. The first-order valence-corrected chi connectivity index (χ1v) is 11.9. The van der Waals surface area contributed by atoms with Gasteiger partial charge in [-0.1, -0.05) is 62.4 Å². The van der Waals surface area contributed by atoms with Crippen LogP contribution < -0.4 is 11.2 Å². The van der Waals surface area contributed by atoms with E-state index in [9.17, 15) is 19.2 Å². The Kier molecular flexibility index (Phi) is 6.28. The van der Waals surface area contributed by atoms with E-state index < -0.39 is 17.1 Å². The summed E-state index contributed by atoms with van der Waals surface area (Å²) in [4.78, 5) is 31.9. The van der Waals surface area contributed by atoms with Crippen LogP contribution >= 0.6 is 0 Å². The number of benzene rings is 3. The van der Waals surface area contributed by atoms with E-state index in [1.54, 1.807) is 34.9 Å². The summed E-state index contributed by atoms with van der Waals surface area (Å²) < 4.78 is 18.6. The fraction of sp³-hybridized carbons (Fsp3) is 0.172. The molecule has 0 saturated carbocycles. The molecule has 0 N–H and O–H groups in total. The normalized spacial score (nSPS) is 11.2. The molecule has 0 fully saturated rings. The van der Waals surface area contributed by atoms with Gasteiger partial charge in [0, 0.05) is 5.56 Å². The molecule has 0 amide bonds. The molecule has 2 heterocycles. The van der Waals surface area contributed by atoms with E-state index in [0.29, 0.717) is 22.7 Å². The summed E-state index contributed by atoms with van der Waals surface area (Å²) >= 11 is 0. The minimum absolute atomic E-state index is 0.191. The van der Waals surface area contributed by atoms with Crippen LogP contribution in [0.1, 0.15) is 42.0 Å². The Hall–Kier alpha value is -4.77. The van der Waals surface area contributed by atoms with Gasteiger partial charge in [-0.3, -0.25) is 9.36 Å². The van der Waals surface area contributed by atoms with E-state index in [1.807, 2.05) is 36.4 Å². The van der Waals surface area contributed by atoms with Crippen molar-refractivity contribution in [2.45, 2.75) is 32.9 Å². The van der Waals surface area contributed by atoms with Crippen molar-refractivity contribution in [3.63, 3.8) is 0 Å². The van der Waals surface area contributed by atoms with E-state index in [4.69, 9.17) is 0 Å². The Morgan fingerprint density at radius 1 is 0.919 bits per heavy atom. The van der Waals surface area contributed by atoms with Crippen LogP contribution in [0.15, 0.2) is 88.7 Å². The number of nitriles is 1. The monoisotopic (exact) mass is 493 g/mol. The van der Waals surface area contributed by atoms with Gasteiger partial charge in [-0.05, 0) is 41.3 Å². The summed E-state index contributed by atoms with van der Waals surface area (Å²) in [5.41, 5.74) is 2.27. The van der Waals surface area contributed by atoms with Crippen LogP contribution in [0.4, 0.5) is 4.39 Å². The Labute approximate surface area is 212 Å². The van der Waals surface area contributed by atoms with Crippen molar-refractivity contribution in [2.75, 3.05) is 0 Å². The lowest BCUT2D eigenvalue weighted by Gasteiger charge is -2.14. The van der Waals surface area contributed by atoms with Crippen LogP contribution in [0.25, 0.3) is 16.9 Å². The third-order valence-electron chi connectivity index (χ3n) is 6.48. The van der Waals surface area contributed by atoms with Crippen molar-refractivity contribution in [2.24, 2.45) is 0 Å². The van der Waals surface area contributed by atoms with E-state index in [-0.39, 0.29) is 29.8 Å². The second kappa shape index (κ2) is 9.70. The molecular weight excluding hydrogens is 469 g/mol. The molecule has 7 nitrogen and oxygen atoms in total. The summed E-state index contributed by atoms with van der Waals surface area (Å²) in [6, 6.07) is 22.8. The van der Waals surface area contributed by atoms with Crippen molar-refractivity contribution in [3.05, 3.63) is 128 Å². The Bertz CT molecular complexity index is 1770. The summed E-state index contributed by atoms with van der Waals surface area (Å²) in [6.07, 6.45) is 1.49. The number of halogens is 1. The minimum Gasteiger partial charge on any atom is -0.320 e. The maximum Gasteiger partial charge on any atom is 0.337 e. The summed E-state index contributed by atoms with van der Waals surface area (Å²) in [5.74, 6) is -0.196. The number of hydrogen-bond acceptors (Lipinski definition) is 4. The molecule has 0 aliphatic carbocycles. The van der Waals surface area contributed by atoms with Gasteiger partial charge in [-0.15, -0.1) is 0 Å². The zero-order valence-electron chi connectivity index (χ0n) is 20.4. The Morgan fingerprint density at radius 3 is 2.27 bits per heavy atom. The fourth-order valence-corrected chi connectivity index (χ4v) is 4.43. The molecule has 0 radical (unpaired) electrons. The molecule has 5 rings (SSSR count). The highest BCUT2D eigenvalue weighted by molar-refractivity contribution is 5.72. The van der Waals surface area contributed by atoms with Crippen molar-refractivity contribution >= 4 is 11.2 Å². The Balaban J connectivity index is 1.76. The molecule has 0 spiro atoms.